The van der Waals surface area contributed by atoms with Gasteiger partial charge in [-0.3, -0.25) is 0 Å². The highest BCUT2D eigenvalue weighted by Gasteiger charge is 2.16. The summed E-state index contributed by atoms with van der Waals surface area (Å²) in [5.74, 6) is 1.39. The summed E-state index contributed by atoms with van der Waals surface area (Å²) in [5.41, 5.74) is 8.99. The lowest BCUT2D eigenvalue weighted by atomic mass is 9.95. The molecule has 0 unspecified atom stereocenters. The Hall–Kier alpha value is -2.30. The van der Waals surface area contributed by atoms with Crippen LogP contribution in [0.1, 0.15) is 37.7 Å². The maximum Gasteiger partial charge on any atom is 0.159 e. The van der Waals surface area contributed by atoms with Crippen LogP contribution in [-0.4, -0.2) is 16.0 Å². The van der Waals surface area contributed by atoms with Gasteiger partial charge in [0.05, 0.1) is 0 Å². The monoisotopic (exact) mass is 297 g/mol. The van der Waals surface area contributed by atoms with E-state index in [0.29, 0.717) is 17.5 Å². The Bertz CT molecular complexity index is 635. The highest BCUT2D eigenvalue weighted by Crippen LogP contribution is 2.28. The van der Waals surface area contributed by atoms with Crippen molar-refractivity contribution in [2.24, 2.45) is 0 Å². The molecule has 0 atom stereocenters. The third kappa shape index (κ3) is 3.47. The van der Waals surface area contributed by atoms with Gasteiger partial charge in [0.1, 0.15) is 12.0 Å². The number of anilines is 4. The minimum Gasteiger partial charge on any atom is -0.393 e. The van der Waals surface area contributed by atoms with E-state index in [1.807, 2.05) is 12.1 Å². The molecule has 0 aliphatic heterocycles. The van der Waals surface area contributed by atoms with Gasteiger partial charge < -0.3 is 16.4 Å². The number of rotatable bonds is 4. The van der Waals surface area contributed by atoms with Crippen LogP contribution in [0.5, 0.6) is 0 Å². The van der Waals surface area contributed by atoms with Crippen molar-refractivity contribution in [1.82, 2.24) is 9.97 Å². The first-order valence-electron chi connectivity index (χ1n) is 7.93. The standard InChI is InChI=1S/C17H23N5/c1-12-6-5-9-14(10-12)22-17-15(18)16(19-11-20-17)21-13-7-3-2-4-8-13/h5-6,9-11,13H,2-4,7-8,18H2,1H3,(H2,19,20,21,22). The lowest BCUT2D eigenvalue weighted by Crippen LogP contribution is -2.23. The van der Waals surface area contributed by atoms with Gasteiger partial charge in [0.2, 0.25) is 0 Å². The zero-order valence-corrected chi connectivity index (χ0v) is 13.0. The van der Waals surface area contributed by atoms with Crippen LogP contribution in [0.2, 0.25) is 0 Å². The topological polar surface area (TPSA) is 75.9 Å². The van der Waals surface area contributed by atoms with Gasteiger partial charge in [-0.2, -0.15) is 0 Å². The summed E-state index contributed by atoms with van der Waals surface area (Å²) >= 11 is 0. The lowest BCUT2D eigenvalue weighted by Gasteiger charge is -2.24. The van der Waals surface area contributed by atoms with E-state index < -0.39 is 0 Å². The third-order valence-electron chi connectivity index (χ3n) is 4.11. The smallest absolute Gasteiger partial charge is 0.159 e. The molecule has 1 fully saturated rings. The Balaban J connectivity index is 1.76. The van der Waals surface area contributed by atoms with Crippen molar-refractivity contribution in [3.05, 3.63) is 36.2 Å². The van der Waals surface area contributed by atoms with Gasteiger partial charge in [-0.25, -0.2) is 9.97 Å². The zero-order valence-electron chi connectivity index (χ0n) is 13.0. The number of hydrogen-bond donors (Lipinski definition) is 3. The van der Waals surface area contributed by atoms with Gasteiger partial charge in [-0.1, -0.05) is 31.4 Å². The molecule has 0 bridgehead atoms. The molecule has 3 rings (SSSR count). The molecule has 22 heavy (non-hydrogen) atoms. The molecule has 5 nitrogen and oxygen atoms in total. The molecular formula is C17H23N5. The summed E-state index contributed by atoms with van der Waals surface area (Å²) in [4.78, 5) is 8.57. The summed E-state index contributed by atoms with van der Waals surface area (Å²) < 4.78 is 0. The van der Waals surface area contributed by atoms with E-state index in [-0.39, 0.29) is 0 Å². The Morgan fingerprint density at radius 1 is 1.09 bits per heavy atom. The van der Waals surface area contributed by atoms with Crippen molar-refractivity contribution >= 4 is 23.0 Å². The van der Waals surface area contributed by atoms with Crippen molar-refractivity contribution in [2.45, 2.75) is 45.1 Å². The van der Waals surface area contributed by atoms with Crippen molar-refractivity contribution in [2.75, 3.05) is 16.4 Å². The molecule has 1 heterocycles. The summed E-state index contributed by atoms with van der Waals surface area (Å²) in [6.07, 6.45) is 7.81. The summed E-state index contributed by atoms with van der Waals surface area (Å²) in [6, 6.07) is 8.61. The molecule has 0 saturated heterocycles. The number of hydrogen-bond acceptors (Lipinski definition) is 5. The maximum atomic E-state index is 6.24. The molecule has 2 aromatic rings. The van der Waals surface area contributed by atoms with Crippen LogP contribution in [0.15, 0.2) is 30.6 Å². The van der Waals surface area contributed by atoms with Gasteiger partial charge in [-0.15, -0.1) is 0 Å². The number of nitrogens with zero attached hydrogens (tertiary/aromatic N) is 2. The van der Waals surface area contributed by atoms with Crippen LogP contribution in [0.25, 0.3) is 0 Å². The highest BCUT2D eigenvalue weighted by atomic mass is 15.1. The fraction of sp³-hybridized carbons (Fsp3) is 0.412. The second-order valence-electron chi connectivity index (χ2n) is 5.96. The second kappa shape index (κ2) is 6.64. The van der Waals surface area contributed by atoms with E-state index in [1.165, 1.54) is 37.7 Å². The van der Waals surface area contributed by atoms with E-state index in [9.17, 15) is 0 Å². The lowest BCUT2D eigenvalue weighted by molar-refractivity contribution is 0.462. The summed E-state index contributed by atoms with van der Waals surface area (Å²) in [7, 11) is 0. The van der Waals surface area contributed by atoms with Crippen LogP contribution in [0, 0.1) is 6.92 Å². The fourth-order valence-corrected chi connectivity index (χ4v) is 2.91. The fourth-order valence-electron chi connectivity index (χ4n) is 2.91. The molecule has 1 saturated carbocycles. The van der Waals surface area contributed by atoms with Crippen molar-refractivity contribution < 1.29 is 0 Å². The van der Waals surface area contributed by atoms with Crippen LogP contribution in [0.4, 0.5) is 23.0 Å². The SMILES string of the molecule is Cc1cccc(Nc2ncnc(NC3CCCCC3)c2N)c1. The predicted molar refractivity (Wildman–Crippen MR) is 91.4 cm³/mol. The minimum atomic E-state index is 0.470. The van der Waals surface area contributed by atoms with E-state index in [1.54, 1.807) is 6.33 Å². The number of nitrogen functional groups attached to an aromatic ring is 1. The minimum absolute atomic E-state index is 0.470. The second-order valence-corrected chi connectivity index (χ2v) is 5.96. The van der Waals surface area contributed by atoms with Crippen LogP contribution in [0.3, 0.4) is 0 Å². The average molecular weight is 297 g/mol. The number of nitrogens with two attached hydrogens (primary N) is 1. The quantitative estimate of drug-likeness (QED) is 0.799. The summed E-state index contributed by atoms with van der Waals surface area (Å²) in [5, 5.41) is 6.75. The molecule has 116 valence electrons. The zero-order chi connectivity index (χ0) is 15.4. The molecule has 0 amide bonds. The van der Waals surface area contributed by atoms with Crippen LogP contribution in [-0.2, 0) is 0 Å². The molecule has 4 N–H and O–H groups in total. The summed E-state index contributed by atoms with van der Waals surface area (Å²) in [6.45, 7) is 2.06. The van der Waals surface area contributed by atoms with Gasteiger partial charge in [-0.05, 0) is 37.5 Å². The van der Waals surface area contributed by atoms with Crippen LogP contribution >= 0.6 is 0 Å². The molecule has 0 radical (unpaired) electrons. The van der Waals surface area contributed by atoms with Gasteiger partial charge in [0.25, 0.3) is 0 Å². The number of aromatic nitrogens is 2. The van der Waals surface area contributed by atoms with Crippen molar-refractivity contribution in [3.8, 4) is 0 Å². The average Bonchev–Trinajstić information content (AvgIpc) is 2.52. The Kier molecular flexibility index (Phi) is 4.42. The predicted octanol–water partition coefficient (Wildman–Crippen LogP) is 3.86. The van der Waals surface area contributed by atoms with Gasteiger partial charge >= 0.3 is 0 Å². The highest BCUT2D eigenvalue weighted by molar-refractivity contribution is 5.77. The Morgan fingerprint density at radius 2 is 1.86 bits per heavy atom. The molecule has 5 heteroatoms. The van der Waals surface area contributed by atoms with E-state index in [4.69, 9.17) is 5.73 Å². The number of benzene rings is 1. The first-order valence-corrected chi connectivity index (χ1v) is 7.93. The van der Waals surface area contributed by atoms with Gasteiger partial charge in [0.15, 0.2) is 11.6 Å². The molecule has 0 spiro atoms. The van der Waals surface area contributed by atoms with Crippen molar-refractivity contribution in [3.63, 3.8) is 0 Å². The maximum absolute atomic E-state index is 6.24. The number of nitrogens with one attached hydrogen (secondary N) is 2. The van der Waals surface area contributed by atoms with E-state index >= 15 is 0 Å². The molecule has 1 aliphatic rings. The largest absolute Gasteiger partial charge is 0.393 e. The van der Waals surface area contributed by atoms with E-state index in [0.717, 1.165) is 11.5 Å². The van der Waals surface area contributed by atoms with E-state index in [2.05, 4.69) is 39.7 Å². The third-order valence-corrected chi connectivity index (χ3v) is 4.11. The van der Waals surface area contributed by atoms with Crippen LogP contribution < -0.4 is 16.4 Å². The first kappa shape index (κ1) is 14.6. The molecular weight excluding hydrogens is 274 g/mol. The normalized spacial score (nSPS) is 15.5. The number of aryl methyl sites for hydroxylation is 1. The Morgan fingerprint density at radius 3 is 2.64 bits per heavy atom. The van der Waals surface area contributed by atoms with Gasteiger partial charge in [0, 0.05) is 11.7 Å². The Labute approximate surface area is 131 Å². The molecule has 1 aliphatic carbocycles. The van der Waals surface area contributed by atoms with Crippen molar-refractivity contribution in [1.29, 1.82) is 0 Å². The molecule has 1 aromatic heterocycles. The molecule has 1 aromatic carbocycles. The first-order chi connectivity index (χ1) is 10.7.